The maximum atomic E-state index is 6.72. The average molecular weight is 428 g/mol. The van der Waals surface area contributed by atoms with E-state index in [1.807, 2.05) is 18.2 Å². The lowest BCUT2D eigenvalue weighted by atomic mass is 9.82. The molecule has 1 aliphatic carbocycles. The molecule has 0 atom stereocenters. The Balaban J connectivity index is 1.89. The molecular weight excluding hydrogens is 409 g/mol. The topological polar surface area (TPSA) is 4.93 Å². The van der Waals surface area contributed by atoms with Gasteiger partial charge in [-0.15, -0.1) is 0 Å². The summed E-state index contributed by atoms with van der Waals surface area (Å²) in [6.45, 7) is 4.62. The second kappa shape index (κ2) is 6.14. The Morgan fingerprint density at radius 1 is 0.733 bits per heavy atom. The second-order valence-corrected chi connectivity index (χ2v) is 9.35. The zero-order chi connectivity index (χ0) is 20.6. The summed E-state index contributed by atoms with van der Waals surface area (Å²) in [6.07, 6.45) is 0. The third-order valence-corrected chi connectivity index (χ3v) is 7.08. The first kappa shape index (κ1) is 18.1. The van der Waals surface area contributed by atoms with Gasteiger partial charge in [0, 0.05) is 26.8 Å². The van der Waals surface area contributed by atoms with Crippen LogP contribution in [0.5, 0.6) is 0 Å². The van der Waals surface area contributed by atoms with Crippen molar-refractivity contribution in [2.75, 3.05) is 0 Å². The lowest BCUT2D eigenvalue weighted by molar-refractivity contribution is 0.661. The quantitative estimate of drug-likeness (QED) is 0.253. The van der Waals surface area contributed by atoms with Crippen molar-refractivity contribution < 1.29 is 0 Å². The summed E-state index contributed by atoms with van der Waals surface area (Å²) >= 11 is 13.1. The highest BCUT2D eigenvalue weighted by atomic mass is 35.5. The molecule has 30 heavy (non-hydrogen) atoms. The minimum atomic E-state index is -0.0560. The zero-order valence-electron chi connectivity index (χ0n) is 16.7. The van der Waals surface area contributed by atoms with Crippen LogP contribution in [0.1, 0.15) is 25.0 Å². The van der Waals surface area contributed by atoms with E-state index in [0.29, 0.717) is 10.0 Å². The van der Waals surface area contributed by atoms with Gasteiger partial charge in [0.15, 0.2) is 0 Å². The smallest absolute Gasteiger partial charge is 0.0663 e. The molecular formula is C27H19Cl2N. The van der Waals surface area contributed by atoms with E-state index >= 15 is 0 Å². The molecule has 0 saturated heterocycles. The summed E-state index contributed by atoms with van der Waals surface area (Å²) in [4.78, 5) is 0. The first-order chi connectivity index (χ1) is 14.5. The average Bonchev–Trinajstić information content (AvgIpc) is 3.20. The Morgan fingerprint density at radius 2 is 1.50 bits per heavy atom. The Morgan fingerprint density at radius 3 is 2.37 bits per heavy atom. The molecule has 6 rings (SSSR count). The highest BCUT2D eigenvalue weighted by Crippen LogP contribution is 2.53. The van der Waals surface area contributed by atoms with Gasteiger partial charge >= 0.3 is 0 Å². The predicted molar refractivity (Wildman–Crippen MR) is 128 cm³/mol. The standard InChI is InChI=1S/C27H19Cl2N/c1-27(2)20-9-5-3-8-19(20)25-21(27)13-12-18-17-7-4-6-10-23(17)30(26(18)25)24-15-16(28)11-14-22(24)29/h3-15H,1-2H3. The number of aromatic nitrogens is 1. The first-order valence-electron chi connectivity index (χ1n) is 10.1. The molecule has 0 unspecified atom stereocenters. The molecule has 4 aromatic carbocycles. The molecule has 0 spiro atoms. The van der Waals surface area contributed by atoms with Crippen LogP contribution in [0.2, 0.25) is 10.0 Å². The van der Waals surface area contributed by atoms with Crippen LogP contribution in [-0.2, 0) is 5.41 Å². The van der Waals surface area contributed by atoms with Crippen LogP contribution >= 0.6 is 23.2 Å². The Bertz CT molecular complexity index is 1490. The molecule has 1 heterocycles. The van der Waals surface area contributed by atoms with Gasteiger partial charge in [-0.05, 0) is 41.0 Å². The Labute approximate surface area is 185 Å². The lowest BCUT2D eigenvalue weighted by Gasteiger charge is -2.21. The van der Waals surface area contributed by atoms with E-state index < -0.39 is 0 Å². The van der Waals surface area contributed by atoms with Gasteiger partial charge in [-0.25, -0.2) is 0 Å². The maximum Gasteiger partial charge on any atom is 0.0663 e. The van der Waals surface area contributed by atoms with Crippen LogP contribution in [0.3, 0.4) is 0 Å². The molecule has 0 saturated carbocycles. The van der Waals surface area contributed by atoms with Crippen molar-refractivity contribution in [3.63, 3.8) is 0 Å². The summed E-state index contributed by atoms with van der Waals surface area (Å²) in [7, 11) is 0. The molecule has 0 aliphatic heterocycles. The number of benzene rings is 4. The molecule has 0 radical (unpaired) electrons. The van der Waals surface area contributed by atoms with Crippen LogP contribution in [0.15, 0.2) is 78.9 Å². The fourth-order valence-electron chi connectivity index (χ4n) is 5.15. The van der Waals surface area contributed by atoms with Gasteiger partial charge in [-0.3, -0.25) is 0 Å². The number of hydrogen-bond donors (Lipinski definition) is 0. The predicted octanol–water partition coefficient (Wildman–Crippen LogP) is 8.40. The summed E-state index contributed by atoms with van der Waals surface area (Å²) in [5.74, 6) is 0. The lowest BCUT2D eigenvalue weighted by Crippen LogP contribution is -2.14. The van der Waals surface area contributed by atoms with Gasteiger partial charge in [-0.2, -0.15) is 0 Å². The van der Waals surface area contributed by atoms with Crippen molar-refractivity contribution in [1.29, 1.82) is 0 Å². The normalized spacial score (nSPS) is 14.3. The highest BCUT2D eigenvalue weighted by Gasteiger charge is 2.37. The fourth-order valence-corrected chi connectivity index (χ4v) is 5.52. The van der Waals surface area contributed by atoms with Gasteiger partial charge in [0.05, 0.1) is 21.7 Å². The number of para-hydroxylation sites is 1. The number of nitrogens with zero attached hydrogens (tertiary/aromatic N) is 1. The molecule has 3 heteroatoms. The Kier molecular flexibility index (Phi) is 3.69. The summed E-state index contributed by atoms with van der Waals surface area (Å²) in [5, 5.41) is 3.81. The van der Waals surface area contributed by atoms with Crippen LogP contribution < -0.4 is 0 Å². The van der Waals surface area contributed by atoms with E-state index in [2.05, 4.69) is 79.1 Å². The fraction of sp³-hybridized carbons (Fsp3) is 0.111. The van der Waals surface area contributed by atoms with Crippen molar-refractivity contribution in [2.24, 2.45) is 0 Å². The number of rotatable bonds is 1. The minimum Gasteiger partial charge on any atom is -0.307 e. The van der Waals surface area contributed by atoms with Crippen LogP contribution in [0.4, 0.5) is 0 Å². The van der Waals surface area contributed by atoms with Crippen molar-refractivity contribution in [1.82, 2.24) is 4.57 Å². The molecule has 146 valence electrons. The highest BCUT2D eigenvalue weighted by molar-refractivity contribution is 6.35. The monoisotopic (exact) mass is 427 g/mol. The van der Waals surface area contributed by atoms with E-state index in [0.717, 1.165) is 11.2 Å². The van der Waals surface area contributed by atoms with E-state index in [1.165, 1.54) is 38.5 Å². The third kappa shape index (κ3) is 2.25. The van der Waals surface area contributed by atoms with E-state index in [4.69, 9.17) is 23.2 Å². The number of hydrogen-bond acceptors (Lipinski definition) is 0. The summed E-state index contributed by atoms with van der Waals surface area (Å²) in [6, 6.07) is 27.5. The van der Waals surface area contributed by atoms with E-state index in [9.17, 15) is 0 Å². The van der Waals surface area contributed by atoms with Crippen LogP contribution in [0.25, 0.3) is 38.6 Å². The van der Waals surface area contributed by atoms with Gasteiger partial charge in [0.2, 0.25) is 0 Å². The van der Waals surface area contributed by atoms with Crippen molar-refractivity contribution in [3.8, 4) is 16.8 Å². The summed E-state index contributed by atoms with van der Waals surface area (Å²) in [5.41, 5.74) is 8.47. The van der Waals surface area contributed by atoms with Crippen molar-refractivity contribution in [3.05, 3.63) is 100 Å². The van der Waals surface area contributed by atoms with E-state index in [-0.39, 0.29) is 5.41 Å². The first-order valence-corrected chi connectivity index (χ1v) is 10.9. The van der Waals surface area contributed by atoms with Gasteiger partial charge in [-0.1, -0.05) is 91.6 Å². The molecule has 0 N–H and O–H groups in total. The zero-order valence-corrected chi connectivity index (χ0v) is 18.2. The molecule has 5 aromatic rings. The Hall–Kier alpha value is -2.74. The van der Waals surface area contributed by atoms with Gasteiger partial charge in [0.25, 0.3) is 0 Å². The van der Waals surface area contributed by atoms with Crippen LogP contribution in [-0.4, -0.2) is 4.57 Å². The largest absolute Gasteiger partial charge is 0.307 e. The van der Waals surface area contributed by atoms with Crippen molar-refractivity contribution >= 4 is 45.0 Å². The molecule has 0 bridgehead atoms. The SMILES string of the molecule is CC1(C)c2ccccc2-c2c1ccc1c3ccccc3n(-c3cc(Cl)ccc3Cl)c21. The number of fused-ring (bicyclic) bond motifs is 7. The molecule has 1 nitrogen and oxygen atoms in total. The van der Waals surface area contributed by atoms with Gasteiger partial charge < -0.3 is 4.57 Å². The molecule has 1 aliphatic rings. The second-order valence-electron chi connectivity index (χ2n) is 8.50. The minimum absolute atomic E-state index is 0.0560. The number of halogens is 2. The van der Waals surface area contributed by atoms with E-state index in [1.54, 1.807) is 0 Å². The summed E-state index contributed by atoms with van der Waals surface area (Å²) < 4.78 is 2.29. The van der Waals surface area contributed by atoms with Crippen molar-refractivity contribution in [2.45, 2.75) is 19.3 Å². The molecule has 0 amide bonds. The molecule has 0 fully saturated rings. The third-order valence-electron chi connectivity index (χ3n) is 6.53. The maximum absolute atomic E-state index is 6.72. The van der Waals surface area contributed by atoms with Crippen LogP contribution in [0, 0.1) is 0 Å². The molecule has 1 aromatic heterocycles. The van der Waals surface area contributed by atoms with Gasteiger partial charge in [0.1, 0.15) is 0 Å².